The highest BCUT2D eigenvalue weighted by Gasteiger charge is 2.14. The first-order valence-corrected chi connectivity index (χ1v) is 9.16. The van der Waals surface area contributed by atoms with Crippen molar-refractivity contribution in [3.8, 4) is 0 Å². The van der Waals surface area contributed by atoms with Crippen molar-refractivity contribution in [1.82, 2.24) is 5.16 Å². The molecule has 5 heteroatoms. The van der Waals surface area contributed by atoms with Gasteiger partial charge in [-0.05, 0) is 73.5 Å². The molecule has 0 aliphatic heterocycles. The first kappa shape index (κ1) is 17.8. The topological polar surface area (TPSA) is 67.2 Å². The molecule has 1 amide bonds. The minimum Gasteiger partial charge on any atom is -0.356 e. The molecule has 0 saturated heterocycles. The molecule has 28 heavy (non-hydrogen) atoms. The maximum absolute atomic E-state index is 12.4. The standard InChI is InChI=1S/C23H21N3O2/c1-15-12-20-21(26-28-22(20)13-16(15)2)14-23(27)25-19-10-8-18(9-11-19)24-17-6-4-3-5-7-17/h3-13,24H,14H2,1-2H3,(H,25,27). The largest absolute Gasteiger partial charge is 0.356 e. The number of fused-ring (bicyclic) bond motifs is 1. The summed E-state index contributed by atoms with van der Waals surface area (Å²) < 4.78 is 5.37. The third-order valence-corrected chi connectivity index (χ3v) is 4.72. The third kappa shape index (κ3) is 3.88. The molecule has 0 spiro atoms. The number of benzene rings is 3. The first-order chi connectivity index (χ1) is 13.6. The summed E-state index contributed by atoms with van der Waals surface area (Å²) in [6, 6.07) is 21.5. The van der Waals surface area contributed by atoms with Crippen molar-refractivity contribution in [3.05, 3.63) is 83.6 Å². The highest BCUT2D eigenvalue weighted by molar-refractivity contribution is 5.95. The van der Waals surface area contributed by atoms with Crippen LogP contribution in [0, 0.1) is 13.8 Å². The summed E-state index contributed by atoms with van der Waals surface area (Å²) >= 11 is 0. The van der Waals surface area contributed by atoms with Crippen molar-refractivity contribution in [2.24, 2.45) is 0 Å². The molecule has 0 bridgehead atoms. The predicted octanol–water partition coefficient (Wildman–Crippen LogP) is 5.37. The Morgan fingerprint density at radius 1 is 0.893 bits per heavy atom. The number of carbonyl (C=O) groups is 1. The number of anilines is 3. The lowest BCUT2D eigenvalue weighted by Gasteiger charge is -2.08. The number of para-hydroxylation sites is 1. The Kier molecular flexibility index (Phi) is 4.81. The lowest BCUT2D eigenvalue weighted by molar-refractivity contribution is -0.115. The molecule has 1 heterocycles. The van der Waals surface area contributed by atoms with E-state index >= 15 is 0 Å². The molecule has 0 fully saturated rings. The Hall–Kier alpha value is -3.60. The van der Waals surface area contributed by atoms with Crippen molar-refractivity contribution in [2.45, 2.75) is 20.3 Å². The molecular formula is C23H21N3O2. The SMILES string of the molecule is Cc1cc2onc(CC(=O)Nc3ccc(Nc4ccccc4)cc3)c2cc1C. The van der Waals surface area contributed by atoms with E-state index in [0.29, 0.717) is 11.3 Å². The fraction of sp³-hybridized carbons (Fsp3) is 0.130. The minimum atomic E-state index is -0.128. The van der Waals surface area contributed by atoms with Crippen molar-refractivity contribution in [2.75, 3.05) is 10.6 Å². The molecule has 0 aliphatic rings. The van der Waals surface area contributed by atoms with Gasteiger partial charge in [-0.2, -0.15) is 0 Å². The Bertz CT molecular complexity index is 1120. The molecule has 1 aromatic heterocycles. The zero-order chi connectivity index (χ0) is 19.5. The Morgan fingerprint density at radius 2 is 1.54 bits per heavy atom. The highest BCUT2D eigenvalue weighted by atomic mass is 16.5. The van der Waals surface area contributed by atoms with Gasteiger partial charge in [-0.1, -0.05) is 23.4 Å². The summed E-state index contributed by atoms with van der Waals surface area (Å²) in [5, 5.41) is 11.2. The molecule has 0 aliphatic carbocycles. The second-order valence-electron chi connectivity index (χ2n) is 6.86. The number of carbonyl (C=O) groups excluding carboxylic acids is 1. The van der Waals surface area contributed by atoms with Crippen molar-refractivity contribution >= 4 is 33.9 Å². The molecule has 5 nitrogen and oxygen atoms in total. The van der Waals surface area contributed by atoms with E-state index < -0.39 is 0 Å². The van der Waals surface area contributed by atoms with Gasteiger partial charge in [0.15, 0.2) is 5.58 Å². The highest BCUT2D eigenvalue weighted by Crippen LogP contribution is 2.23. The quantitative estimate of drug-likeness (QED) is 0.495. The Labute approximate surface area is 163 Å². The Morgan fingerprint density at radius 3 is 2.29 bits per heavy atom. The van der Waals surface area contributed by atoms with Crippen LogP contribution in [-0.2, 0) is 11.2 Å². The van der Waals surface area contributed by atoms with E-state index in [1.54, 1.807) is 0 Å². The molecule has 0 unspecified atom stereocenters. The van der Waals surface area contributed by atoms with E-state index in [1.165, 1.54) is 0 Å². The second kappa shape index (κ2) is 7.56. The average Bonchev–Trinajstić information content (AvgIpc) is 3.06. The van der Waals surface area contributed by atoms with E-state index in [-0.39, 0.29) is 12.3 Å². The van der Waals surface area contributed by atoms with Gasteiger partial charge in [-0.15, -0.1) is 0 Å². The molecule has 140 valence electrons. The van der Waals surface area contributed by atoms with Gasteiger partial charge in [-0.3, -0.25) is 4.79 Å². The van der Waals surface area contributed by atoms with Gasteiger partial charge >= 0.3 is 0 Å². The van der Waals surface area contributed by atoms with Crippen molar-refractivity contribution in [3.63, 3.8) is 0 Å². The second-order valence-corrected chi connectivity index (χ2v) is 6.86. The van der Waals surface area contributed by atoms with Crippen LogP contribution in [-0.4, -0.2) is 11.1 Å². The van der Waals surface area contributed by atoms with Crippen LogP contribution >= 0.6 is 0 Å². The van der Waals surface area contributed by atoms with E-state index in [1.807, 2.05) is 80.6 Å². The minimum absolute atomic E-state index is 0.128. The van der Waals surface area contributed by atoms with Crippen molar-refractivity contribution < 1.29 is 9.32 Å². The van der Waals surface area contributed by atoms with Gasteiger partial charge in [0.05, 0.1) is 6.42 Å². The summed E-state index contributed by atoms with van der Waals surface area (Å²) in [5.41, 5.74) is 6.37. The maximum atomic E-state index is 12.4. The van der Waals surface area contributed by atoms with Crippen LogP contribution in [0.15, 0.2) is 71.3 Å². The number of aryl methyl sites for hydroxylation is 2. The van der Waals surface area contributed by atoms with Gasteiger partial charge in [0.1, 0.15) is 5.69 Å². The molecule has 2 N–H and O–H groups in total. The molecular weight excluding hydrogens is 350 g/mol. The lowest BCUT2D eigenvalue weighted by Crippen LogP contribution is -2.14. The average molecular weight is 371 g/mol. The zero-order valence-corrected chi connectivity index (χ0v) is 15.8. The van der Waals surface area contributed by atoms with Gasteiger partial charge in [0, 0.05) is 22.4 Å². The number of rotatable bonds is 5. The molecule has 0 saturated carbocycles. The van der Waals surface area contributed by atoms with Gasteiger partial charge in [0.25, 0.3) is 0 Å². The van der Waals surface area contributed by atoms with Gasteiger partial charge in [0.2, 0.25) is 5.91 Å². The monoisotopic (exact) mass is 371 g/mol. The van der Waals surface area contributed by atoms with E-state index in [4.69, 9.17) is 4.52 Å². The molecule has 4 rings (SSSR count). The maximum Gasteiger partial charge on any atom is 0.230 e. The number of nitrogens with zero attached hydrogens (tertiary/aromatic N) is 1. The summed E-state index contributed by atoms with van der Waals surface area (Å²) in [4.78, 5) is 12.4. The van der Waals surface area contributed by atoms with Crippen LogP contribution < -0.4 is 10.6 Å². The predicted molar refractivity (Wildman–Crippen MR) is 112 cm³/mol. The fourth-order valence-corrected chi connectivity index (χ4v) is 3.05. The smallest absolute Gasteiger partial charge is 0.230 e. The van der Waals surface area contributed by atoms with Crippen LogP contribution in [0.2, 0.25) is 0 Å². The summed E-state index contributed by atoms with van der Waals surface area (Å²) in [6.45, 7) is 4.07. The van der Waals surface area contributed by atoms with Crippen LogP contribution in [0.5, 0.6) is 0 Å². The molecule has 3 aromatic carbocycles. The number of amides is 1. The third-order valence-electron chi connectivity index (χ3n) is 4.72. The first-order valence-electron chi connectivity index (χ1n) is 9.16. The van der Waals surface area contributed by atoms with Crippen LogP contribution in [0.25, 0.3) is 11.0 Å². The number of nitrogens with one attached hydrogen (secondary N) is 2. The summed E-state index contributed by atoms with van der Waals surface area (Å²) in [7, 11) is 0. The van der Waals surface area contributed by atoms with E-state index in [0.717, 1.165) is 33.6 Å². The fourth-order valence-electron chi connectivity index (χ4n) is 3.05. The number of aromatic nitrogens is 1. The van der Waals surface area contributed by atoms with E-state index in [9.17, 15) is 4.79 Å². The summed E-state index contributed by atoms with van der Waals surface area (Å²) in [5.74, 6) is -0.128. The lowest BCUT2D eigenvalue weighted by atomic mass is 10.1. The summed E-state index contributed by atoms with van der Waals surface area (Å²) in [6.07, 6.45) is 0.166. The molecule has 4 aromatic rings. The Balaban J connectivity index is 1.42. The van der Waals surface area contributed by atoms with Gasteiger partial charge in [-0.25, -0.2) is 0 Å². The van der Waals surface area contributed by atoms with E-state index in [2.05, 4.69) is 15.8 Å². The number of hydrogen-bond acceptors (Lipinski definition) is 4. The molecule has 0 radical (unpaired) electrons. The number of hydrogen-bond donors (Lipinski definition) is 2. The van der Waals surface area contributed by atoms with Crippen LogP contribution in [0.4, 0.5) is 17.1 Å². The normalized spacial score (nSPS) is 10.8. The zero-order valence-electron chi connectivity index (χ0n) is 15.8. The van der Waals surface area contributed by atoms with Gasteiger partial charge < -0.3 is 15.2 Å². The molecule has 0 atom stereocenters. The van der Waals surface area contributed by atoms with Crippen LogP contribution in [0.1, 0.15) is 16.8 Å². The van der Waals surface area contributed by atoms with Crippen molar-refractivity contribution in [1.29, 1.82) is 0 Å². The van der Waals surface area contributed by atoms with Crippen LogP contribution in [0.3, 0.4) is 0 Å².